The number of anilines is 3. The van der Waals surface area contributed by atoms with E-state index >= 15 is 0 Å². The number of morpholine rings is 1. The summed E-state index contributed by atoms with van der Waals surface area (Å²) in [4.78, 5) is 7.30. The van der Waals surface area contributed by atoms with Crippen molar-refractivity contribution in [3.05, 3.63) is 59.3 Å². The molecule has 0 radical (unpaired) electrons. The number of pyridine rings is 1. The van der Waals surface area contributed by atoms with Gasteiger partial charge in [-0.05, 0) is 68.1 Å². The summed E-state index contributed by atoms with van der Waals surface area (Å²) in [7, 11) is 0. The van der Waals surface area contributed by atoms with Crippen LogP contribution < -0.4 is 10.2 Å². The zero-order chi connectivity index (χ0) is 18.2. The maximum absolute atomic E-state index is 5.46. The average Bonchev–Trinajstić information content (AvgIpc) is 3.18. The maximum Gasteiger partial charge on any atom is 0.0726 e. The smallest absolute Gasteiger partial charge is 0.0726 e. The minimum Gasteiger partial charge on any atom is -0.378 e. The molecule has 4 heteroatoms. The molecule has 1 N–H and O–H groups in total. The van der Waals surface area contributed by atoms with Crippen molar-refractivity contribution in [2.24, 2.45) is 0 Å². The molecule has 2 aromatic carbocycles. The largest absolute Gasteiger partial charge is 0.378 e. The monoisotopic (exact) mass is 359 g/mol. The van der Waals surface area contributed by atoms with Crippen LogP contribution in [0.15, 0.2) is 42.5 Å². The average molecular weight is 359 g/mol. The van der Waals surface area contributed by atoms with Crippen LogP contribution in [-0.4, -0.2) is 31.3 Å². The van der Waals surface area contributed by atoms with Crippen molar-refractivity contribution in [1.29, 1.82) is 0 Å². The Kier molecular flexibility index (Phi) is 4.21. The number of rotatable bonds is 3. The summed E-state index contributed by atoms with van der Waals surface area (Å²) in [6.45, 7) is 5.71. The fourth-order valence-electron chi connectivity index (χ4n) is 4.24. The Balaban J connectivity index is 1.50. The van der Waals surface area contributed by atoms with Crippen LogP contribution >= 0.6 is 0 Å². The van der Waals surface area contributed by atoms with Crippen molar-refractivity contribution < 1.29 is 4.74 Å². The number of hydrogen-bond donors (Lipinski definition) is 1. The van der Waals surface area contributed by atoms with Gasteiger partial charge in [-0.3, -0.25) is 4.98 Å². The Labute approximate surface area is 160 Å². The van der Waals surface area contributed by atoms with Crippen LogP contribution in [0.1, 0.15) is 23.2 Å². The Bertz CT molecular complexity index is 975. The molecule has 5 rings (SSSR count). The molecule has 0 spiro atoms. The van der Waals surface area contributed by atoms with E-state index in [1.165, 1.54) is 40.0 Å². The first-order valence-corrected chi connectivity index (χ1v) is 9.90. The molecule has 0 bridgehead atoms. The lowest BCUT2D eigenvalue weighted by atomic mass is 10.0. The number of ether oxygens (including phenoxy) is 1. The number of aromatic nitrogens is 1. The summed E-state index contributed by atoms with van der Waals surface area (Å²) in [5, 5.41) is 4.95. The van der Waals surface area contributed by atoms with Crippen LogP contribution in [0.5, 0.6) is 0 Å². The van der Waals surface area contributed by atoms with Crippen LogP contribution in [0.3, 0.4) is 0 Å². The summed E-state index contributed by atoms with van der Waals surface area (Å²) < 4.78 is 5.46. The van der Waals surface area contributed by atoms with E-state index < -0.39 is 0 Å². The predicted molar refractivity (Wildman–Crippen MR) is 111 cm³/mol. The third kappa shape index (κ3) is 3.15. The zero-order valence-corrected chi connectivity index (χ0v) is 15.8. The summed E-state index contributed by atoms with van der Waals surface area (Å²) in [6, 6.07) is 15.4. The molecule has 27 heavy (non-hydrogen) atoms. The summed E-state index contributed by atoms with van der Waals surface area (Å²) in [5.41, 5.74) is 8.67. The number of nitrogens with zero attached hydrogens (tertiary/aromatic N) is 2. The van der Waals surface area contributed by atoms with Crippen molar-refractivity contribution in [2.75, 3.05) is 36.5 Å². The molecular weight excluding hydrogens is 334 g/mol. The van der Waals surface area contributed by atoms with Gasteiger partial charge in [0.1, 0.15) is 0 Å². The van der Waals surface area contributed by atoms with Gasteiger partial charge in [-0.15, -0.1) is 0 Å². The van der Waals surface area contributed by atoms with Crippen molar-refractivity contribution >= 4 is 28.0 Å². The Morgan fingerprint density at radius 1 is 1.00 bits per heavy atom. The van der Waals surface area contributed by atoms with Crippen molar-refractivity contribution in [2.45, 2.75) is 26.2 Å². The van der Waals surface area contributed by atoms with Gasteiger partial charge < -0.3 is 15.0 Å². The van der Waals surface area contributed by atoms with E-state index in [1.54, 1.807) is 0 Å². The third-order valence-electron chi connectivity index (χ3n) is 5.68. The van der Waals surface area contributed by atoms with Crippen LogP contribution in [-0.2, 0) is 17.6 Å². The Hall–Kier alpha value is -2.59. The number of benzene rings is 2. The lowest BCUT2D eigenvalue weighted by Gasteiger charge is -2.29. The molecule has 1 aromatic heterocycles. The van der Waals surface area contributed by atoms with Gasteiger partial charge in [-0.1, -0.05) is 11.6 Å². The number of aryl methyl sites for hydroxylation is 2. The van der Waals surface area contributed by atoms with Gasteiger partial charge in [0.25, 0.3) is 0 Å². The molecule has 1 fully saturated rings. The van der Waals surface area contributed by atoms with Gasteiger partial charge in [0.05, 0.1) is 24.4 Å². The van der Waals surface area contributed by atoms with E-state index in [0.717, 1.165) is 50.3 Å². The van der Waals surface area contributed by atoms with Crippen LogP contribution in [0, 0.1) is 6.92 Å². The molecule has 0 unspecified atom stereocenters. The van der Waals surface area contributed by atoms with Gasteiger partial charge >= 0.3 is 0 Å². The number of fused-ring (bicyclic) bond motifs is 2. The minimum absolute atomic E-state index is 0.814. The highest BCUT2D eigenvalue weighted by Crippen LogP contribution is 2.36. The fourth-order valence-corrected chi connectivity index (χ4v) is 4.24. The van der Waals surface area contributed by atoms with E-state index in [1.807, 2.05) is 0 Å². The summed E-state index contributed by atoms with van der Waals surface area (Å²) >= 11 is 0. The van der Waals surface area contributed by atoms with Crippen LogP contribution in [0.25, 0.3) is 10.9 Å². The maximum atomic E-state index is 5.46. The second kappa shape index (κ2) is 6.86. The Morgan fingerprint density at radius 3 is 2.63 bits per heavy atom. The third-order valence-corrected chi connectivity index (χ3v) is 5.68. The molecule has 0 amide bonds. The summed E-state index contributed by atoms with van der Waals surface area (Å²) in [6.07, 6.45) is 3.40. The normalized spacial score (nSPS) is 16.6. The molecular formula is C23H25N3O. The molecule has 4 nitrogen and oxygen atoms in total. The summed E-state index contributed by atoms with van der Waals surface area (Å²) in [5.74, 6) is 0. The van der Waals surface area contributed by atoms with Crippen molar-refractivity contribution in [3.8, 4) is 0 Å². The first-order chi connectivity index (χ1) is 13.3. The second-order valence-electron chi connectivity index (χ2n) is 7.56. The second-order valence-corrected chi connectivity index (χ2v) is 7.56. The first kappa shape index (κ1) is 16.6. The Morgan fingerprint density at radius 2 is 1.81 bits per heavy atom. The molecule has 1 aliphatic heterocycles. The molecule has 1 aliphatic carbocycles. The number of hydrogen-bond acceptors (Lipinski definition) is 4. The first-order valence-electron chi connectivity index (χ1n) is 9.90. The van der Waals surface area contributed by atoms with E-state index in [4.69, 9.17) is 9.72 Å². The standard InChI is InChI=1S/C23H25N3O/c1-16-5-10-22-20(15-16)23(19-3-2-4-21(19)25-22)24-17-6-8-18(9-7-17)26-11-13-27-14-12-26/h5-10,15H,2-4,11-14H2,1H3,(H,24,25). The van der Waals surface area contributed by atoms with E-state index in [9.17, 15) is 0 Å². The van der Waals surface area contributed by atoms with Crippen molar-refractivity contribution in [1.82, 2.24) is 4.98 Å². The highest BCUT2D eigenvalue weighted by Gasteiger charge is 2.20. The van der Waals surface area contributed by atoms with E-state index in [0.29, 0.717) is 0 Å². The molecule has 1 saturated heterocycles. The minimum atomic E-state index is 0.814. The molecule has 0 saturated carbocycles. The lowest BCUT2D eigenvalue weighted by molar-refractivity contribution is 0.122. The van der Waals surface area contributed by atoms with Gasteiger partial charge in [-0.2, -0.15) is 0 Å². The molecule has 2 heterocycles. The molecule has 2 aliphatic rings. The number of nitrogens with one attached hydrogen (secondary N) is 1. The molecule has 0 atom stereocenters. The van der Waals surface area contributed by atoms with Crippen LogP contribution in [0.4, 0.5) is 17.1 Å². The SMILES string of the molecule is Cc1ccc2nc3c(c(Nc4ccc(N5CCOCC5)cc4)c2c1)CCC3. The van der Waals surface area contributed by atoms with E-state index in [-0.39, 0.29) is 0 Å². The van der Waals surface area contributed by atoms with Gasteiger partial charge in [-0.25, -0.2) is 0 Å². The highest BCUT2D eigenvalue weighted by molar-refractivity contribution is 5.96. The molecule has 3 aromatic rings. The highest BCUT2D eigenvalue weighted by atomic mass is 16.5. The molecule has 138 valence electrons. The van der Waals surface area contributed by atoms with E-state index in [2.05, 4.69) is 59.6 Å². The predicted octanol–water partition coefficient (Wildman–Crippen LogP) is 4.61. The quantitative estimate of drug-likeness (QED) is 0.741. The lowest BCUT2D eigenvalue weighted by Crippen LogP contribution is -2.36. The fraction of sp³-hybridized carbons (Fsp3) is 0.348. The van der Waals surface area contributed by atoms with Gasteiger partial charge in [0.2, 0.25) is 0 Å². The van der Waals surface area contributed by atoms with Crippen LogP contribution in [0.2, 0.25) is 0 Å². The van der Waals surface area contributed by atoms with Crippen molar-refractivity contribution in [3.63, 3.8) is 0 Å². The van der Waals surface area contributed by atoms with Gasteiger partial charge in [0.15, 0.2) is 0 Å². The zero-order valence-electron chi connectivity index (χ0n) is 15.8. The van der Waals surface area contributed by atoms with Gasteiger partial charge in [0, 0.05) is 35.5 Å². The topological polar surface area (TPSA) is 37.4 Å².